The summed E-state index contributed by atoms with van der Waals surface area (Å²) >= 11 is 0. The minimum Gasteiger partial charge on any atom is -0.497 e. The highest BCUT2D eigenvalue weighted by molar-refractivity contribution is 5.79. The van der Waals surface area contributed by atoms with Crippen LogP contribution in [0.1, 0.15) is 24.2 Å². The number of piperidine rings is 1. The van der Waals surface area contributed by atoms with Gasteiger partial charge in [0.2, 0.25) is 5.91 Å². The fourth-order valence-electron chi connectivity index (χ4n) is 3.72. The summed E-state index contributed by atoms with van der Waals surface area (Å²) in [4.78, 5) is 14.9. The molecular weight excluding hydrogens is 368 g/mol. The first-order valence-electron chi connectivity index (χ1n) is 9.98. The Balaban J connectivity index is 1.33. The van der Waals surface area contributed by atoms with E-state index >= 15 is 0 Å². The number of benzene rings is 1. The van der Waals surface area contributed by atoms with Crippen LogP contribution >= 0.6 is 0 Å². The van der Waals surface area contributed by atoms with Crippen molar-refractivity contribution in [1.29, 1.82) is 0 Å². The van der Waals surface area contributed by atoms with E-state index in [9.17, 15) is 4.79 Å². The first-order chi connectivity index (χ1) is 14.1. The molecule has 0 saturated carbocycles. The largest absolute Gasteiger partial charge is 0.497 e. The van der Waals surface area contributed by atoms with Crippen molar-refractivity contribution < 1.29 is 9.53 Å². The van der Waals surface area contributed by atoms with Gasteiger partial charge in [0.25, 0.3) is 0 Å². The molecule has 0 spiro atoms. The number of hydrogen-bond acceptors (Lipinski definition) is 6. The zero-order chi connectivity index (χ0) is 20.2. The molecule has 152 valence electrons. The van der Waals surface area contributed by atoms with Gasteiger partial charge in [-0.15, -0.1) is 15.3 Å². The molecule has 1 amide bonds. The van der Waals surface area contributed by atoms with Gasteiger partial charge in [-0.05, 0) is 56.0 Å². The van der Waals surface area contributed by atoms with Crippen molar-refractivity contribution in [2.45, 2.75) is 26.2 Å². The number of fused-ring (bicyclic) bond motifs is 1. The van der Waals surface area contributed by atoms with E-state index in [-0.39, 0.29) is 11.8 Å². The van der Waals surface area contributed by atoms with Gasteiger partial charge in [0.15, 0.2) is 11.5 Å². The predicted molar refractivity (Wildman–Crippen MR) is 110 cm³/mol. The van der Waals surface area contributed by atoms with Crippen molar-refractivity contribution in [3.8, 4) is 5.75 Å². The minimum absolute atomic E-state index is 0.0286. The average molecular weight is 394 g/mol. The average Bonchev–Trinajstić information content (AvgIpc) is 3.14. The van der Waals surface area contributed by atoms with Crippen LogP contribution in [0.4, 0.5) is 5.82 Å². The van der Waals surface area contributed by atoms with Crippen LogP contribution in [0, 0.1) is 12.8 Å². The third-order valence-electron chi connectivity index (χ3n) is 5.39. The Morgan fingerprint density at radius 2 is 2.03 bits per heavy atom. The summed E-state index contributed by atoms with van der Waals surface area (Å²) in [6.45, 7) is 4.08. The number of carbonyl (C=O) groups is 1. The van der Waals surface area contributed by atoms with E-state index in [1.54, 1.807) is 11.6 Å². The van der Waals surface area contributed by atoms with E-state index in [2.05, 4.69) is 25.5 Å². The van der Waals surface area contributed by atoms with Gasteiger partial charge in [0.05, 0.1) is 13.0 Å². The van der Waals surface area contributed by atoms with Crippen molar-refractivity contribution in [1.82, 2.24) is 25.1 Å². The second-order valence-electron chi connectivity index (χ2n) is 7.38. The summed E-state index contributed by atoms with van der Waals surface area (Å²) < 4.78 is 6.92. The van der Waals surface area contributed by atoms with Crippen LogP contribution in [0.3, 0.4) is 0 Å². The van der Waals surface area contributed by atoms with Crippen LogP contribution in [0.15, 0.2) is 36.4 Å². The monoisotopic (exact) mass is 394 g/mol. The van der Waals surface area contributed by atoms with Gasteiger partial charge in [-0.2, -0.15) is 4.52 Å². The summed E-state index contributed by atoms with van der Waals surface area (Å²) in [6, 6.07) is 11.8. The van der Waals surface area contributed by atoms with Crippen LogP contribution in [0.25, 0.3) is 5.65 Å². The van der Waals surface area contributed by atoms with Gasteiger partial charge >= 0.3 is 0 Å². The molecule has 29 heavy (non-hydrogen) atoms. The lowest BCUT2D eigenvalue weighted by atomic mass is 9.97. The molecule has 1 N–H and O–H groups in total. The van der Waals surface area contributed by atoms with Crippen molar-refractivity contribution >= 4 is 17.4 Å². The van der Waals surface area contributed by atoms with Gasteiger partial charge in [0.1, 0.15) is 11.6 Å². The van der Waals surface area contributed by atoms with Crippen molar-refractivity contribution in [2.75, 3.05) is 31.6 Å². The first-order valence-corrected chi connectivity index (χ1v) is 9.98. The normalized spacial score (nSPS) is 16.8. The van der Waals surface area contributed by atoms with Crippen LogP contribution < -0.4 is 15.0 Å². The lowest BCUT2D eigenvalue weighted by Crippen LogP contribution is -2.44. The molecule has 1 fully saturated rings. The number of amides is 1. The van der Waals surface area contributed by atoms with Crippen molar-refractivity contribution in [2.24, 2.45) is 5.92 Å². The fraction of sp³-hybridized carbons (Fsp3) is 0.429. The standard InChI is InChI=1S/C21H26N6O2/c1-15-23-24-19-9-10-20(25-27(15)19)26-13-3-4-17(14-26)21(28)22-12-11-16-5-7-18(29-2)8-6-16/h5-10,17H,3-4,11-14H2,1-2H3,(H,22,28)/t17-/m0/s1. The molecule has 0 bridgehead atoms. The van der Waals surface area contributed by atoms with Gasteiger partial charge in [0, 0.05) is 19.6 Å². The number of nitrogens with one attached hydrogen (secondary N) is 1. The molecule has 8 nitrogen and oxygen atoms in total. The molecule has 1 saturated heterocycles. The Labute approximate surface area is 169 Å². The van der Waals surface area contributed by atoms with Crippen molar-refractivity contribution in [3.05, 3.63) is 47.8 Å². The maximum atomic E-state index is 12.7. The van der Waals surface area contributed by atoms with Gasteiger partial charge in [-0.3, -0.25) is 4.79 Å². The Morgan fingerprint density at radius 1 is 1.21 bits per heavy atom. The lowest BCUT2D eigenvalue weighted by Gasteiger charge is -2.32. The molecule has 0 aliphatic carbocycles. The SMILES string of the molecule is COc1ccc(CCNC(=O)[C@H]2CCCN(c3ccc4nnc(C)n4n3)C2)cc1. The quantitative estimate of drug-likeness (QED) is 0.689. The Bertz CT molecular complexity index is 985. The second kappa shape index (κ2) is 8.46. The van der Waals surface area contributed by atoms with E-state index in [0.29, 0.717) is 13.1 Å². The molecule has 1 aliphatic rings. The molecule has 3 heterocycles. The molecule has 0 radical (unpaired) electrons. The second-order valence-corrected chi connectivity index (χ2v) is 7.38. The van der Waals surface area contributed by atoms with E-state index in [4.69, 9.17) is 4.74 Å². The summed E-state index contributed by atoms with van der Waals surface area (Å²) in [7, 11) is 1.66. The number of nitrogens with zero attached hydrogens (tertiary/aromatic N) is 5. The summed E-state index contributed by atoms with van der Waals surface area (Å²) in [5.74, 6) is 2.54. The van der Waals surface area contributed by atoms with Crippen LogP contribution in [0.5, 0.6) is 5.75 Å². The number of aryl methyl sites for hydroxylation is 1. The maximum absolute atomic E-state index is 12.7. The molecular formula is C21H26N6O2. The highest BCUT2D eigenvalue weighted by atomic mass is 16.5. The van der Waals surface area contributed by atoms with Crippen LogP contribution in [0.2, 0.25) is 0 Å². The van der Waals surface area contributed by atoms with E-state index < -0.39 is 0 Å². The van der Waals surface area contributed by atoms with E-state index in [1.165, 1.54) is 5.56 Å². The topological polar surface area (TPSA) is 84.6 Å². The Hall–Kier alpha value is -3.16. The Kier molecular flexibility index (Phi) is 5.59. The third kappa shape index (κ3) is 4.31. The molecule has 3 aromatic rings. The molecule has 1 aliphatic heterocycles. The smallest absolute Gasteiger partial charge is 0.224 e. The summed E-state index contributed by atoms with van der Waals surface area (Å²) in [5, 5.41) is 15.9. The van der Waals surface area contributed by atoms with Gasteiger partial charge in [-0.1, -0.05) is 12.1 Å². The van der Waals surface area contributed by atoms with Crippen LogP contribution in [-0.2, 0) is 11.2 Å². The first kappa shape index (κ1) is 19.2. The third-order valence-corrected chi connectivity index (χ3v) is 5.39. The molecule has 0 unspecified atom stereocenters. The molecule has 8 heteroatoms. The fourth-order valence-corrected chi connectivity index (χ4v) is 3.72. The molecule has 4 rings (SSSR count). The number of ether oxygens (including phenoxy) is 1. The summed E-state index contributed by atoms with van der Waals surface area (Å²) in [5.41, 5.74) is 1.91. The highest BCUT2D eigenvalue weighted by Crippen LogP contribution is 2.22. The zero-order valence-corrected chi connectivity index (χ0v) is 16.8. The van der Waals surface area contributed by atoms with Crippen LogP contribution in [-0.4, -0.2) is 52.5 Å². The summed E-state index contributed by atoms with van der Waals surface area (Å²) in [6.07, 6.45) is 2.67. The maximum Gasteiger partial charge on any atom is 0.224 e. The number of aromatic nitrogens is 4. The minimum atomic E-state index is -0.0286. The lowest BCUT2D eigenvalue weighted by molar-refractivity contribution is -0.125. The predicted octanol–water partition coefficient (Wildman–Crippen LogP) is 2.02. The Morgan fingerprint density at radius 3 is 2.83 bits per heavy atom. The number of rotatable bonds is 6. The molecule has 2 aromatic heterocycles. The number of methoxy groups -OCH3 is 1. The number of carbonyl (C=O) groups excluding carboxylic acids is 1. The van der Waals surface area contributed by atoms with Crippen molar-refractivity contribution in [3.63, 3.8) is 0 Å². The molecule has 1 atom stereocenters. The number of hydrogen-bond donors (Lipinski definition) is 1. The molecule has 1 aromatic carbocycles. The number of anilines is 1. The van der Waals surface area contributed by atoms with Gasteiger partial charge in [-0.25, -0.2) is 0 Å². The highest BCUT2D eigenvalue weighted by Gasteiger charge is 2.26. The zero-order valence-electron chi connectivity index (χ0n) is 16.8. The van der Waals surface area contributed by atoms with Gasteiger partial charge < -0.3 is 15.0 Å². The van der Waals surface area contributed by atoms with E-state index in [1.807, 2.05) is 43.3 Å². The van der Waals surface area contributed by atoms with E-state index in [0.717, 1.165) is 48.8 Å².